The predicted molar refractivity (Wildman–Crippen MR) is 257 cm³/mol. The highest BCUT2D eigenvalue weighted by atomic mass is 14.9. The molecule has 1 heterocycles. The Hall–Kier alpha value is -8.45. The van der Waals surface area contributed by atoms with Gasteiger partial charge in [-0.25, -0.2) is 14.8 Å². The van der Waals surface area contributed by atoms with Crippen LogP contribution < -0.4 is 0 Å². The fraction of sp³-hybridized carbons (Fsp3) is 0.0167. The van der Waals surface area contributed by atoms with Gasteiger partial charge in [0.25, 0.3) is 0 Å². The van der Waals surface area contributed by atoms with Crippen LogP contribution in [0.2, 0.25) is 0 Å². The van der Waals surface area contributed by atoms with Crippen molar-refractivity contribution in [3.05, 3.63) is 258 Å². The zero-order valence-corrected chi connectivity index (χ0v) is 34.2. The number of hydrogen-bond donors (Lipinski definition) is 0. The maximum atomic E-state index is 7.86. The number of rotatable bonds is 6. The van der Waals surface area contributed by atoms with Crippen molar-refractivity contribution in [1.29, 1.82) is 0 Å². The first-order chi connectivity index (χ1) is 31.2. The molecule has 1 spiro atoms. The van der Waals surface area contributed by atoms with E-state index in [1.165, 1.54) is 38.9 Å². The minimum absolute atomic E-state index is 0.488. The Morgan fingerprint density at radius 1 is 0.302 bits per heavy atom. The average Bonchev–Trinajstić information content (AvgIpc) is 3.83. The molecule has 0 unspecified atom stereocenters. The molecule has 292 valence electrons. The third kappa shape index (κ3) is 5.88. The Kier molecular flexibility index (Phi) is 8.45. The molecule has 0 bridgehead atoms. The van der Waals surface area contributed by atoms with Gasteiger partial charge in [0, 0.05) is 16.7 Å². The third-order valence-electron chi connectivity index (χ3n) is 12.9. The van der Waals surface area contributed by atoms with Gasteiger partial charge < -0.3 is 0 Å². The molecule has 0 amide bonds. The molecule has 9 aromatic carbocycles. The quantitative estimate of drug-likeness (QED) is 0.157. The number of nitrogens with zero attached hydrogens (tertiary/aromatic N) is 3. The smallest absolute Gasteiger partial charge is 0.187 e. The second-order valence-electron chi connectivity index (χ2n) is 16.4. The van der Waals surface area contributed by atoms with E-state index in [9.17, 15) is 0 Å². The lowest BCUT2D eigenvalue weighted by molar-refractivity contribution is 0.794. The second kappa shape index (κ2) is 14.6. The van der Waals surface area contributed by atoms with Crippen molar-refractivity contribution in [2.24, 2.45) is 0 Å². The zero-order chi connectivity index (χ0) is 41.9. The van der Waals surface area contributed by atoms with Gasteiger partial charge in [0.05, 0.1) is 23.4 Å². The van der Waals surface area contributed by atoms with Gasteiger partial charge in [0.2, 0.25) is 0 Å². The van der Waals surface area contributed by atoms with Crippen LogP contribution in [0.3, 0.4) is 0 Å². The van der Waals surface area contributed by atoms with Crippen molar-refractivity contribution in [3.8, 4) is 89.5 Å². The average molecular weight is 800 g/mol. The molecule has 2 aliphatic rings. The molecule has 0 atom stereocenters. The van der Waals surface area contributed by atoms with E-state index in [0.29, 0.717) is 11.5 Å². The van der Waals surface area contributed by atoms with Crippen LogP contribution in [0.25, 0.3) is 94.4 Å². The molecule has 10 aromatic rings. The lowest BCUT2D eigenvalue weighted by atomic mass is 9.70. The van der Waals surface area contributed by atoms with E-state index in [1.807, 2.05) is 24.3 Å². The molecule has 2 aliphatic carbocycles. The SMILES string of the molecule is [C-]#[N+]c1ccc2c(c1)-c1ccc(-c3ccc(-c4cc(-c5cc(-c6ccccc6)cc(-c6ccccc6)c5)nc(-c5ccccc5)n4)cc3)cc1C21c2ccccc2-c2ccccc21. The molecule has 63 heavy (non-hydrogen) atoms. The van der Waals surface area contributed by atoms with Crippen LogP contribution in [-0.2, 0) is 5.41 Å². The van der Waals surface area contributed by atoms with Gasteiger partial charge in [0.15, 0.2) is 11.5 Å². The van der Waals surface area contributed by atoms with Crippen molar-refractivity contribution in [2.75, 3.05) is 0 Å². The fourth-order valence-corrected chi connectivity index (χ4v) is 10.0. The highest BCUT2D eigenvalue weighted by molar-refractivity contribution is 5.97. The minimum Gasteiger partial charge on any atom is -0.238 e. The van der Waals surface area contributed by atoms with Gasteiger partial charge >= 0.3 is 0 Å². The molecule has 3 nitrogen and oxygen atoms in total. The van der Waals surface area contributed by atoms with E-state index in [-0.39, 0.29) is 0 Å². The van der Waals surface area contributed by atoms with Gasteiger partial charge in [-0.15, -0.1) is 0 Å². The van der Waals surface area contributed by atoms with Gasteiger partial charge in [-0.3, -0.25) is 0 Å². The summed E-state index contributed by atoms with van der Waals surface area (Å²) in [6.07, 6.45) is 0. The molecule has 0 radical (unpaired) electrons. The molecule has 0 fully saturated rings. The molecule has 0 saturated carbocycles. The summed E-state index contributed by atoms with van der Waals surface area (Å²) in [7, 11) is 0. The Morgan fingerprint density at radius 3 is 1.37 bits per heavy atom. The summed E-state index contributed by atoms with van der Waals surface area (Å²) in [5, 5.41) is 0. The van der Waals surface area contributed by atoms with E-state index in [0.717, 1.165) is 67.0 Å². The second-order valence-corrected chi connectivity index (χ2v) is 16.4. The van der Waals surface area contributed by atoms with Gasteiger partial charge in [-0.2, -0.15) is 0 Å². The van der Waals surface area contributed by atoms with E-state index < -0.39 is 5.41 Å². The van der Waals surface area contributed by atoms with Crippen LogP contribution in [0, 0.1) is 6.57 Å². The molecule has 1 aromatic heterocycles. The third-order valence-corrected chi connectivity index (χ3v) is 12.9. The molecule has 0 aliphatic heterocycles. The first-order valence-electron chi connectivity index (χ1n) is 21.3. The molecule has 0 saturated heterocycles. The Morgan fingerprint density at radius 2 is 0.762 bits per heavy atom. The number of benzene rings is 9. The van der Waals surface area contributed by atoms with Crippen molar-refractivity contribution >= 4 is 5.69 Å². The van der Waals surface area contributed by atoms with Crippen molar-refractivity contribution in [2.45, 2.75) is 5.41 Å². The zero-order valence-electron chi connectivity index (χ0n) is 34.2. The topological polar surface area (TPSA) is 30.1 Å². The molecule has 3 heteroatoms. The summed E-state index contributed by atoms with van der Waals surface area (Å²) in [6.45, 7) is 7.86. The molecular weight excluding hydrogens is 763 g/mol. The summed E-state index contributed by atoms with van der Waals surface area (Å²) >= 11 is 0. The lowest BCUT2D eigenvalue weighted by Crippen LogP contribution is -2.25. The minimum atomic E-state index is -0.488. The maximum absolute atomic E-state index is 7.86. The largest absolute Gasteiger partial charge is 0.238 e. The first-order valence-corrected chi connectivity index (χ1v) is 21.3. The predicted octanol–water partition coefficient (Wildman–Crippen LogP) is 15.4. The fourth-order valence-electron chi connectivity index (χ4n) is 10.0. The first kappa shape index (κ1) is 36.4. The summed E-state index contributed by atoms with van der Waals surface area (Å²) < 4.78 is 0. The van der Waals surface area contributed by atoms with E-state index in [1.54, 1.807) is 0 Å². The molecular formula is C60H37N3. The van der Waals surface area contributed by atoms with Crippen LogP contribution in [0.5, 0.6) is 0 Å². The van der Waals surface area contributed by atoms with E-state index >= 15 is 0 Å². The summed E-state index contributed by atoms with van der Waals surface area (Å²) in [5.74, 6) is 0.681. The van der Waals surface area contributed by atoms with Gasteiger partial charge in [-0.1, -0.05) is 188 Å². The van der Waals surface area contributed by atoms with Crippen LogP contribution >= 0.6 is 0 Å². The van der Waals surface area contributed by atoms with Crippen LogP contribution in [0.15, 0.2) is 224 Å². The lowest BCUT2D eigenvalue weighted by Gasteiger charge is -2.30. The standard InChI is InChI=1S/C60H37N3/c1-61-48-30-32-55-52(37-48)51-31-29-44(36-56(51)60(55)53-23-13-11-21-49(53)50-22-12-14-24-54(50)60)41-25-27-42(28-26-41)57-38-58(63-59(62-57)43-19-9-4-10-20-43)47-34-45(39-15-5-2-6-16-39)33-46(35-47)40-17-7-3-8-18-40/h2-38H. The number of hydrogen-bond acceptors (Lipinski definition) is 2. The van der Waals surface area contributed by atoms with Crippen molar-refractivity contribution in [1.82, 2.24) is 9.97 Å². The van der Waals surface area contributed by atoms with E-state index in [4.69, 9.17) is 16.5 Å². The Bertz CT molecular complexity index is 3340. The van der Waals surface area contributed by atoms with E-state index in [2.05, 4.69) is 205 Å². The van der Waals surface area contributed by atoms with Crippen LogP contribution in [0.4, 0.5) is 5.69 Å². The molecule has 0 N–H and O–H groups in total. The van der Waals surface area contributed by atoms with Gasteiger partial charge in [-0.05, 0) is 114 Å². The Balaban J connectivity index is 0.987. The number of fused-ring (bicyclic) bond motifs is 10. The highest BCUT2D eigenvalue weighted by Gasteiger charge is 2.51. The normalized spacial score (nSPS) is 12.6. The number of aromatic nitrogens is 2. The molecule has 12 rings (SSSR count). The van der Waals surface area contributed by atoms with Crippen LogP contribution in [-0.4, -0.2) is 9.97 Å². The van der Waals surface area contributed by atoms with Crippen molar-refractivity contribution < 1.29 is 0 Å². The summed E-state index contributed by atoms with van der Waals surface area (Å²) in [4.78, 5) is 14.3. The maximum Gasteiger partial charge on any atom is 0.187 e. The summed E-state index contributed by atoms with van der Waals surface area (Å²) in [5.41, 5.74) is 21.6. The van der Waals surface area contributed by atoms with Gasteiger partial charge in [0.1, 0.15) is 0 Å². The highest BCUT2D eigenvalue weighted by Crippen LogP contribution is 2.63. The van der Waals surface area contributed by atoms with Crippen molar-refractivity contribution in [3.63, 3.8) is 0 Å². The summed E-state index contributed by atoms with van der Waals surface area (Å²) in [6, 6.07) is 79.8. The van der Waals surface area contributed by atoms with Crippen LogP contribution in [0.1, 0.15) is 22.3 Å². The Labute approximate surface area is 367 Å². The monoisotopic (exact) mass is 799 g/mol.